The number of hydrogen-bond donors (Lipinski definition) is 0. The molecule has 0 amide bonds. The van der Waals surface area contributed by atoms with Gasteiger partial charge in [-0.2, -0.15) is 0 Å². The molecular formula is C15H8BrF3N4O2. The Kier molecular flexibility index (Phi) is 4.53. The van der Waals surface area contributed by atoms with Crippen molar-refractivity contribution in [1.29, 1.82) is 0 Å². The standard InChI is InChI=1S/C15H8BrF3N4O2/c16-10-3-1-9(2-4-10)13(24)14-20-22-23(21-14)11-5-7-12(8-6-11)25-15(17,18)19/h1-8H. The van der Waals surface area contributed by atoms with Gasteiger partial charge in [-0.15, -0.1) is 28.2 Å². The van der Waals surface area contributed by atoms with Crippen LogP contribution in [-0.4, -0.2) is 32.4 Å². The van der Waals surface area contributed by atoms with E-state index in [4.69, 9.17) is 0 Å². The van der Waals surface area contributed by atoms with Crippen LogP contribution >= 0.6 is 15.9 Å². The number of ketones is 1. The summed E-state index contributed by atoms with van der Waals surface area (Å²) < 4.78 is 41.0. The van der Waals surface area contributed by atoms with E-state index < -0.39 is 12.1 Å². The second-order valence-corrected chi connectivity index (χ2v) is 5.70. The molecule has 0 aliphatic rings. The molecule has 0 aliphatic carbocycles. The topological polar surface area (TPSA) is 69.9 Å². The average molecular weight is 413 g/mol. The van der Waals surface area contributed by atoms with Gasteiger partial charge in [-0.25, -0.2) is 0 Å². The van der Waals surface area contributed by atoms with Gasteiger partial charge in [0.15, 0.2) is 0 Å². The van der Waals surface area contributed by atoms with E-state index in [-0.39, 0.29) is 11.6 Å². The van der Waals surface area contributed by atoms with E-state index in [9.17, 15) is 18.0 Å². The number of carbonyl (C=O) groups is 1. The maximum Gasteiger partial charge on any atom is 0.573 e. The molecule has 2 aromatic carbocycles. The molecule has 0 atom stereocenters. The molecule has 0 spiro atoms. The van der Waals surface area contributed by atoms with Crippen molar-refractivity contribution in [2.75, 3.05) is 0 Å². The van der Waals surface area contributed by atoms with Crippen molar-refractivity contribution in [3.8, 4) is 11.4 Å². The minimum Gasteiger partial charge on any atom is -0.406 e. The molecule has 3 rings (SSSR count). The molecule has 0 saturated heterocycles. The van der Waals surface area contributed by atoms with Crippen LogP contribution in [0.1, 0.15) is 16.2 Å². The molecule has 0 fully saturated rings. The molecule has 0 bridgehead atoms. The van der Waals surface area contributed by atoms with E-state index in [0.717, 1.165) is 21.4 Å². The number of nitrogens with zero attached hydrogens (tertiary/aromatic N) is 4. The van der Waals surface area contributed by atoms with Crippen LogP contribution in [0.3, 0.4) is 0 Å². The van der Waals surface area contributed by atoms with Crippen molar-refractivity contribution < 1.29 is 22.7 Å². The molecule has 0 aliphatic heterocycles. The fraction of sp³-hybridized carbons (Fsp3) is 0.0667. The van der Waals surface area contributed by atoms with Crippen LogP contribution in [0.2, 0.25) is 0 Å². The largest absolute Gasteiger partial charge is 0.573 e. The molecule has 128 valence electrons. The third-order valence-electron chi connectivity index (χ3n) is 3.02. The Labute approximate surface area is 147 Å². The number of aromatic nitrogens is 4. The lowest BCUT2D eigenvalue weighted by molar-refractivity contribution is -0.274. The zero-order valence-electron chi connectivity index (χ0n) is 12.2. The van der Waals surface area contributed by atoms with Crippen LogP contribution in [0.15, 0.2) is 53.0 Å². The van der Waals surface area contributed by atoms with Crippen LogP contribution < -0.4 is 4.74 Å². The van der Waals surface area contributed by atoms with Crippen LogP contribution in [0.5, 0.6) is 5.75 Å². The van der Waals surface area contributed by atoms with Gasteiger partial charge in [0, 0.05) is 10.0 Å². The van der Waals surface area contributed by atoms with E-state index in [0.29, 0.717) is 11.3 Å². The Bertz CT molecular complexity index is 892. The van der Waals surface area contributed by atoms with E-state index in [1.165, 1.54) is 12.1 Å². The normalized spacial score (nSPS) is 11.4. The summed E-state index contributed by atoms with van der Waals surface area (Å²) in [6.07, 6.45) is -4.77. The third kappa shape index (κ3) is 4.21. The quantitative estimate of drug-likeness (QED) is 0.612. The Hall–Kier alpha value is -2.75. The fourth-order valence-electron chi connectivity index (χ4n) is 1.93. The number of hydrogen-bond acceptors (Lipinski definition) is 5. The first-order chi connectivity index (χ1) is 11.8. The molecule has 3 aromatic rings. The maximum atomic E-state index is 12.3. The summed E-state index contributed by atoms with van der Waals surface area (Å²) in [6, 6.07) is 11.5. The second-order valence-electron chi connectivity index (χ2n) is 4.78. The number of halogens is 4. The van der Waals surface area contributed by atoms with Gasteiger partial charge in [0.2, 0.25) is 11.6 Å². The van der Waals surface area contributed by atoms with Gasteiger partial charge in [0.25, 0.3) is 0 Å². The van der Waals surface area contributed by atoms with Gasteiger partial charge in [0.1, 0.15) is 5.75 Å². The zero-order chi connectivity index (χ0) is 18.0. The lowest BCUT2D eigenvalue weighted by Gasteiger charge is -2.08. The lowest BCUT2D eigenvalue weighted by Crippen LogP contribution is -2.17. The van der Waals surface area contributed by atoms with Crippen molar-refractivity contribution in [2.45, 2.75) is 6.36 Å². The highest BCUT2D eigenvalue weighted by Gasteiger charge is 2.31. The first-order valence-electron chi connectivity index (χ1n) is 6.78. The minimum absolute atomic E-state index is 0.127. The number of carbonyl (C=O) groups excluding carboxylic acids is 1. The second kappa shape index (κ2) is 6.63. The maximum absolute atomic E-state index is 12.3. The summed E-state index contributed by atoms with van der Waals surface area (Å²) in [6.45, 7) is 0. The number of ether oxygens (including phenoxy) is 1. The van der Waals surface area contributed by atoms with Crippen LogP contribution in [0.4, 0.5) is 13.2 Å². The van der Waals surface area contributed by atoms with Crippen molar-refractivity contribution >= 4 is 21.7 Å². The van der Waals surface area contributed by atoms with Crippen molar-refractivity contribution in [3.05, 3.63) is 64.4 Å². The van der Waals surface area contributed by atoms with Gasteiger partial charge in [-0.3, -0.25) is 4.79 Å². The number of rotatable bonds is 4. The Morgan fingerprint density at radius 3 is 2.28 bits per heavy atom. The summed E-state index contributed by atoms with van der Waals surface area (Å²) in [5.41, 5.74) is 0.716. The van der Waals surface area contributed by atoms with Gasteiger partial charge >= 0.3 is 6.36 Å². The number of tetrazole rings is 1. The van der Waals surface area contributed by atoms with Crippen LogP contribution in [0.25, 0.3) is 5.69 Å². The Balaban J connectivity index is 1.79. The highest BCUT2D eigenvalue weighted by Crippen LogP contribution is 2.23. The molecule has 0 N–H and O–H groups in total. The van der Waals surface area contributed by atoms with E-state index in [2.05, 4.69) is 36.1 Å². The summed E-state index contributed by atoms with van der Waals surface area (Å²) >= 11 is 3.27. The van der Waals surface area contributed by atoms with Gasteiger partial charge < -0.3 is 4.74 Å². The van der Waals surface area contributed by atoms with Crippen molar-refractivity contribution in [2.24, 2.45) is 0 Å². The van der Waals surface area contributed by atoms with Gasteiger partial charge in [0.05, 0.1) is 5.69 Å². The summed E-state index contributed by atoms with van der Waals surface area (Å²) in [4.78, 5) is 13.3. The minimum atomic E-state index is -4.77. The highest BCUT2D eigenvalue weighted by atomic mass is 79.9. The summed E-state index contributed by atoms with van der Waals surface area (Å²) in [5, 5.41) is 11.4. The predicted octanol–water partition coefficient (Wildman–Crippen LogP) is 3.55. The van der Waals surface area contributed by atoms with Crippen LogP contribution in [-0.2, 0) is 0 Å². The summed E-state index contributed by atoms with van der Waals surface area (Å²) in [7, 11) is 0. The van der Waals surface area contributed by atoms with Crippen molar-refractivity contribution in [3.63, 3.8) is 0 Å². The number of benzene rings is 2. The Morgan fingerprint density at radius 2 is 1.68 bits per heavy atom. The highest BCUT2D eigenvalue weighted by molar-refractivity contribution is 9.10. The molecule has 25 heavy (non-hydrogen) atoms. The molecule has 6 nitrogen and oxygen atoms in total. The van der Waals surface area contributed by atoms with E-state index in [1.54, 1.807) is 24.3 Å². The summed E-state index contributed by atoms with van der Waals surface area (Å²) in [5.74, 6) is -0.920. The predicted molar refractivity (Wildman–Crippen MR) is 83.4 cm³/mol. The number of alkyl halides is 3. The fourth-order valence-corrected chi connectivity index (χ4v) is 2.19. The SMILES string of the molecule is O=C(c1ccc(Br)cc1)c1nnn(-c2ccc(OC(F)(F)F)cc2)n1. The average Bonchev–Trinajstić information content (AvgIpc) is 3.04. The lowest BCUT2D eigenvalue weighted by atomic mass is 10.1. The van der Waals surface area contributed by atoms with E-state index in [1.807, 2.05) is 0 Å². The molecule has 10 heteroatoms. The van der Waals surface area contributed by atoms with Crippen LogP contribution in [0, 0.1) is 0 Å². The third-order valence-corrected chi connectivity index (χ3v) is 3.55. The molecule has 0 unspecified atom stereocenters. The molecule has 1 aromatic heterocycles. The molecular weight excluding hydrogens is 405 g/mol. The smallest absolute Gasteiger partial charge is 0.406 e. The first kappa shape index (κ1) is 17.1. The molecule has 1 heterocycles. The molecule has 0 radical (unpaired) electrons. The van der Waals surface area contributed by atoms with E-state index >= 15 is 0 Å². The Morgan fingerprint density at radius 1 is 1.04 bits per heavy atom. The van der Waals surface area contributed by atoms with Crippen molar-refractivity contribution in [1.82, 2.24) is 20.2 Å². The molecule has 0 saturated carbocycles. The van der Waals surface area contributed by atoms with Gasteiger partial charge in [-0.1, -0.05) is 15.9 Å². The monoisotopic (exact) mass is 412 g/mol. The first-order valence-corrected chi connectivity index (χ1v) is 7.57. The van der Waals surface area contributed by atoms with Gasteiger partial charge in [-0.05, 0) is 53.7 Å². The zero-order valence-corrected chi connectivity index (χ0v) is 13.8.